The van der Waals surface area contributed by atoms with Crippen LogP contribution in [0.1, 0.15) is 25.3 Å². The zero-order valence-corrected chi connectivity index (χ0v) is 10.6. The van der Waals surface area contributed by atoms with Crippen LogP contribution < -0.4 is 0 Å². The normalized spacial score (nSPS) is 12.4. The maximum Gasteiger partial charge on any atom is 0.270 e. The Morgan fingerprint density at radius 1 is 1.56 bits per heavy atom. The van der Waals surface area contributed by atoms with E-state index < -0.39 is 4.92 Å². The molecule has 0 saturated heterocycles. The molecule has 1 atom stereocenters. The number of benzene rings is 1. The van der Waals surface area contributed by atoms with Gasteiger partial charge in [-0.15, -0.1) is 0 Å². The third-order valence-electron chi connectivity index (χ3n) is 2.47. The highest BCUT2D eigenvalue weighted by atomic mass is 79.9. The summed E-state index contributed by atoms with van der Waals surface area (Å²) in [6.07, 6.45) is 1.81. The molecule has 0 aromatic heterocycles. The van der Waals surface area contributed by atoms with Crippen molar-refractivity contribution in [2.24, 2.45) is 0 Å². The second-order valence-electron chi connectivity index (χ2n) is 3.63. The van der Waals surface area contributed by atoms with Crippen LogP contribution in [0, 0.1) is 10.1 Å². The lowest BCUT2D eigenvalue weighted by Gasteiger charge is -2.08. The van der Waals surface area contributed by atoms with Gasteiger partial charge in [0.2, 0.25) is 0 Å². The molecule has 0 amide bonds. The summed E-state index contributed by atoms with van der Waals surface area (Å²) in [6.45, 7) is 1.93. The molecule has 0 aliphatic heterocycles. The molecule has 0 fully saturated rings. The first-order chi connectivity index (χ1) is 7.54. The van der Waals surface area contributed by atoms with Crippen LogP contribution in [0.25, 0.3) is 0 Å². The maximum absolute atomic E-state index is 10.5. The SMILES string of the molecule is CCC(O)CCc1ccc([N+](=O)[O-])cc1Br. The predicted molar refractivity (Wildman–Crippen MR) is 65.4 cm³/mol. The summed E-state index contributed by atoms with van der Waals surface area (Å²) in [6, 6.07) is 4.71. The zero-order chi connectivity index (χ0) is 12.1. The Morgan fingerprint density at radius 2 is 2.25 bits per heavy atom. The predicted octanol–water partition coefficient (Wildman–Crippen LogP) is 3.06. The van der Waals surface area contributed by atoms with E-state index in [1.807, 2.05) is 6.92 Å². The molecule has 0 radical (unpaired) electrons. The van der Waals surface area contributed by atoms with E-state index in [9.17, 15) is 15.2 Å². The van der Waals surface area contributed by atoms with Crippen LogP contribution in [-0.4, -0.2) is 16.1 Å². The van der Waals surface area contributed by atoms with Crippen molar-refractivity contribution < 1.29 is 10.0 Å². The summed E-state index contributed by atoms with van der Waals surface area (Å²) in [5.41, 5.74) is 1.06. The lowest BCUT2D eigenvalue weighted by atomic mass is 10.1. The van der Waals surface area contributed by atoms with E-state index in [4.69, 9.17) is 0 Å². The lowest BCUT2D eigenvalue weighted by Crippen LogP contribution is -2.06. The van der Waals surface area contributed by atoms with Crippen molar-refractivity contribution >= 4 is 21.6 Å². The number of non-ortho nitro benzene ring substituents is 1. The number of hydrogen-bond acceptors (Lipinski definition) is 3. The third kappa shape index (κ3) is 3.57. The molecular formula is C11H14BrNO3. The van der Waals surface area contributed by atoms with Crippen LogP contribution in [0.5, 0.6) is 0 Å². The van der Waals surface area contributed by atoms with E-state index in [1.165, 1.54) is 12.1 Å². The molecule has 16 heavy (non-hydrogen) atoms. The monoisotopic (exact) mass is 287 g/mol. The molecule has 0 spiro atoms. The van der Waals surface area contributed by atoms with Crippen LogP contribution >= 0.6 is 15.9 Å². The molecule has 0 saturated carbocycles. The molecule has 0 aliphatic rings. The first kappa shape index (κ1) is 13.1. The summed E-state index contributed by atoms with van der Waals surface area (Å²) in [4.78, 5) is 10.1. The number of rotatable bonds is 5. The molecule has 1 unspecified atom stereocenters. The molecular weight excluding hydrogens is 274 g/mol. The number of aryl methyl sites for hydroxylation is 1. The third-order valence-corrected chi connectivity index (χ3v) is 3.20. The average Bonchev–Trinajstić information content (AvgIpc) is 2.26. The molecule has 0 bridgehead atoms. The minimum absolute atomic E-state index is 0.0756. The number of hydrogen-bond donors (Lipinski definition) is 1. The largest absolute Gasteiger partial charge is 0.393 e. The van der Waals surface area contributed by atoms with Gasteiger partial charge in [-0.25, -0.2) is 0 Å². The van der Waals surface area contributed by atoms with E-state index >= 15 is 0 Å². The van der Waals surface area contributed by atoms with Gasteiger partial charge in [-0.3, -0.25) is 10.1 Å². The summed E-state index contributed by atoms with van der Waals surface area (Å²) in [7, 11) is 0. The second kappa shape index (κ2) is 5.96. The zero-order valence-electron chi connectivity index (χ0n) is 9.02. The van der Waals surface area contributed by atoms with Crippen molar-refractivity contribution in [1.82, 2.24) is 0 Å². The first-order valence-electron chi connectivity index (χ1n) is 5.15. The smallest absolute Gasteiger partial charge is 0.270 e. The first-order valence-corrected chi connectivity index (χ1v) is 5.94. The van der Waals surface area contributed by atoms with Crippen molar-refractivity contribution in [1.29, 1.82) is 0 Å². The molecule has 88 valence electrons. The minimum atomic E-state index is -0.421. The molecule has 1 aromatic carbocycles. The van der Waals surface area contributed by atoms with Crippen molar-refractivity contribution in [2.45, 2.75) is 32.3 Å². The van der Waals surface area contributed by atoms with Gasteiger partial charge in [0.25, 0.3) is 5.69 Å². The highest BCUT2D eigenvalue weighted by Crippen LogP contribution is 2.24. The van der Waals surface area contributed by atoms with E-state index in [1.54, 1.807) is 6.07 Å². The van der Waals surface area contributed by atoms with Gasteiger partial charge in [0.15, 0.2) is 0 Å². The Bertz CT molecular complexity index is 381. The van der Waals surface area contributed by atoms with Gasteiger partial charge < -0.3 is 5.11 Å². The summed E-state index contributed by atoms with van der Waals surface area (Å²) in [5, 5.41) is 20.0. The lowest BCUT2D eigenvalue weighted by molar-refractivity contribution is -0.384. The number of nitrogens with zero attached hydrogens (tertiary/aromatic N) is 1. The van der Waals surface area contributed by atoms with Crippen molar-refractivity contribution in [3.63, 3.8) is 0 Å². The van der Waals surface area contributed by atoms with Gasteiger partial charge in [0.05, 0.1) is 11.0 Å². The fourth-order valence-electron chi connectivity index (χ4n) is 1.38. The van der Waals surface area contributed by atoms with Crippen LogP contribution in [0.3, 0.4) is 0 Å². The number of aliphatic hydroxyl groups is 1. The molecule has 4 nitrogen and oxygen atoms in total. The molecule has 0 heterocycles. The quantitative estimate of drug-likeness (QED) is 0.669. The van der Waals surface area contributed by atoms with Crippen molar-refractivity contribution in [3.05, 3.63) is 38.3 Å². The van der Waals surface area contributed by atoms with Gasteiger partial charge in [-0.2, -0.15) is 0 Å². The Hall–Kier alpha value is -0.940. The van der Waals surface area contributed by atoms with Crippen LogP contribution in [-0.2, 0) is 6.42 Å². The second-order valence-corrected chi connectivity index (χ2v) is 4.49. The van der Waals surface area contributed by atoms with E-state index in [-0.39, 0.29) is 11.8 Å². The summed E-state index contributed by atoms with van der Waals surface area (Å²) >= 11 is 3.30. The van der Waals surface area contributed by atoms with E-state index in [0.29, 0.717) is 12.8 Å². The average molecular weight is 288 g/mol. The Morgan fingerprint density at radius 3 is 2.75 bits per heavy atom. The van der Waals surface area contributed by atoms with Gasteiger partial charge in [0, 0.05) is 16.6 Å². The van der Waals surface area contributed by atoms with Crippen molar-refractivity contribution in [3.8, 4) is 0 Å². The van der Waals surface area contributed by atoms with Crippen molar-refractivity contribution in [2.75, 3.05) is 0 Å². The van der Waals surface area contributed by atoms with Gasteiger partial charge in [0.1, 0.15) is 0 Å². The van der Waals surface area contributed by atoms with E-state index in [2.05, 4.69) is 15.9 Å². The highest BCUT2D eigenvalue weighted by molar-refractivity contribution is 9.10. The molecule has 0 aliphatic carbocycles. The van der Waals surface area contributed by atoms with Gasteiger partial charge >= 0.3 is 0 Å². The van der Waals surface area contributed by atoms with Crippen LogP contribution in [0.2, 0.25) is 0 Å². The number of nitro groups is 1. The molecule has 5 heteroatoms. The van der Waals surface area contributed by atoms with Crippen LogP contribution in [0.4, 0.5) is 5.69 Å². The highest BCUT2D eigenvalue weighted by Gasteiger charge is 2.10. The van der Waals surface area contributed by atoms with Crippen LogP contribution in [0.15, 0.2) is 22.7 Å². The van der Waals surface area contributed by atoms with Gasteiger partial charge in [-0.05, 0) is 24.8 Å². The standard InChI is InChI=1S/C11H14BrNO3/c1-2-10(14)6-4-8-3-5-9(13(15)16)7-11(8)12/h3,5,7,10,14H,2,4,6H2,1H3. The summed E-state index contributed by atoms with van der Waals surface area (Å²) in [5.74, 6) is 0. The number of aliphatic hydroxyl groups excluding tert-OH is 1. The van der Waals surface area contributed by atoms with E-state index in [0.717, 1.165) is 16.5 Å². The fourth-order valence-corrected chi connectivity index (χ4v) is 1.94. The molecule has 1 N–H and O–H groups in total. The Kier molecular flexibility index (Phi) is 4.89. The Balaban J connectivity index is 2.72. The topological polar surface area (TPSA) is 63.4 Å². The fraction of sp³-hybridized carbons (Fsp3) is 0.455. The number of halogens is 1. The minimum Gasteiger partial charge on any atom is -0.393 e. The Labute approximate surface area is 103 Å². The number of nitro benzene ring substituents is 1. The van der Waals surface area contributed by atoms with Gasteiger partial charge in [-0.1, -0.05) is 28.9 Å². The molecule has 1 rings (SSSR count). The maximum atomic E-state index is 10.5. The molecule has 1 aromatic rings. The summed E-state index contributed by atoms with van der Waals surface area (Å²) < 4.78 is 0.727.